The van der Waals surface area contributed by atoms with E-state index in [1.807, 2.05) is 0 Å². The summed E-state index contributed by atoms with van der Waals surface area (Å²) >= 11 is 12.1. The van der Waals surface area contributed by atoms with E-state index >= 15 is 0 Å². The lowest BCUT2D eigenvalue weighted by atomic mass is 10.1. The van der Waals surface area contributed by atoms with Gasteiger partial charge in [-0.1, -0.05) is 29.3 Å². The summed E-state index contributed by atoms with van der Waals surface area (Å²) in [4.78, 5) is 0. The second-order valence-electron chi connectivity index (χ2n) is 3.85. The number of nitrogens with one attached hydrogen (secondary N) is 1. The molecule has 1 unspecified atom stereocenters. The molecule has 0 heterocycles. The Hall–Kier alpha value is -1.76. The van der Waals surface area contributed by atoms with Gasteiger partial charge in [0.15, 0.2) is 0 Å². The smallest absolute Gasteiger partial charge is 0.143 e. The summed E-state index contributed by atoms with van der Waals surface area (Å²) in [6, 6.07) is 12.1. The SMILES string of the molecule is N#CC(Nc1ccc(F)cc1)c1c(Cl)cccc1Cl. The Kier molecular flexibility index (Phi) is 4.26. The van der Waals surface area contributed by atoms with Crippen LogP contribution in [0.25, 0.3) is 0 Å². The molecule has 2 aromatic rings. The van der Waals surface area contributed by atoms with Crippen LogP contribution in [0, 0.1) is 17.1 Å². The van der Waals surface area contributed by atoms with E-state index in [1.165, 1.54) is 12.1 Å². The van der Waals surface area contributed by atoms with Crippen molar-refractivity contribution in [1.82, 2.24) is 0 Å². The number of rotatable bonds is 3. The van der Waals surface area contributed by atoms with Crippen molar-refractivity contribution in [2.45, 2.75) is 6.04 Å². The van der Waals surface area contributed by atoms with Gasteiger partial charge in [-0.25, -0.2) is 4.39 Å². The lowest BCUT2D eigenvalue weighted by Gasteiger charge is -2.16. The van der Waals surface area contributed by atoms with Gasteiger partial charge < -0.3 is 5.32 Å². The molecule has 0 amide bonds. The Bertz CT molecular complexity index is 600. The average molecular weight is 295 g/mol. The van der Waals surface area contributed by atoms with Crippen molar-refractivity contribution in [3.8, 4) is 6.07 Å². The number of anilines is 1. The Morgan fingerprint density at radius 2 is 1.63 bits per heavy atom. The van der Waals surface area contributed by atoms with Gasteiger partial charge in [0.25, 0.3) is 0 Å². The molecule has 19 heavy (non-hydrogen) atoms. The monoisotopic (exact) mass is 294 g/mol. The van der Waals surface area contributed by atoms with Crippen molar-refractivity contribution < 1.29 is 4.39 Å². The molecule has 1 N–H and O–H groups in total. The van der Waals surface area contributed by atoms with Gasteiger partial charge in [-0.15, -0.1) is 0 Å². The Labute approximate surface area is 120 Å². The summed E-state index contributed by atoms with van der Waals surface area (Å²) in [5.74, 6) is -0.338. The van der Waals surface area contributed by atoms with E-state index in [0.29, 0.717) is 21.3 Å². The molecule has 0 fully saturated rings. The highest BCUT2D eigenvalue weighted by atomic mass is 35.5. The number of hydrogen-bond acceptors (Lipinski definition) is 2. The van der Waals surface area contributed by atoms with Crippen molar-refractivity contribution >= 4 is 28.9 Å². The molecule has 0 radical (unpaired) electrons. The first-order chi connectivity index (χ1) is 9.11. The van der Waals surface area contributed by atoms with Gasteiger partial charge in [0.2, 0.25) is 0 Å². The first-order valence-corrected chi connectivity index (χ1v) is 6.23. The molecule has 2 aromatic carbocycles. The average Bonchev–Trinajstić information content (AvgIpc) is 2.39. The zero-order chi connectivity index (χ0) is 13.8. The minimum Gasteiger partial charge on any atom is -0.366 e. The highest BCUT2D eigenvalue weighted by Gasteiger charge is 2.17. The van der Waals surface area contributed by atoms with Gasteiger partial charge in [-0.2, -0.15) is 5.26 Å². The van der Waals surface area contributed by atoms with Gasteiger partial charge in [0, 0.05) is 21.3 Å². The molecular weight excluding hydrogens is 286 g/mol. The molecule has 0 aliphatic heterocycles. The van der Waals surface area contributed by atoms with Crippen molar-refractivity contribution in [3.05, 3.63) is 63.9 Å². The lowest BCUT2D eigenvalue weighted by Crippen LogP contribution is -2.09. The van der Waals surface area contributed by atoms with Gasteiger partial charge in [-0.3, -0.25) is 0 Å². The van der Waals surface area contributed by atoms with E-state index in [0.717, 1.165) is 0 Å². The van der Waals surface area contributed by atoms with Gasteiger partial charge >= 0.3 is 0 Å². The number of benzene rings is 2. The molecule has 0 bridgehead atoms. The summed E-state index contributed by atoms with van der Waals surface area (Å²) < 4.78 is 12.8. The largest absolute Gasteiger partial charge is 0.366 e. The lowest BCUT2D eigenvalue weighted by molar-refractivity contribution is 0.628. The van der Waals surface area contributed by atoms with Crippen LogP contribution in [0.5, 0.6) is 0 Å². The molecule has 5 heteroatoms. The summed E-state index contributed by atoms with van der Waals surface area (Å²) in [7, 11) is 0. The highest BCUT2D eigenvalue weighted by molar-refractivity contribution is 6.36. The molecule has 0 aliphatic rings. The van der Waals surface area contributed by atoms with E-state index in [1.54, 1.807) is 30.3 Å². The van der Waals surface area contributed by atoms with Crippen LogP contribution >= 0.6 is 23.2 Å². The van der Waals surface area contributed by atoms with Crippen molar-refractivity contribution in [2.24, 2.45) is 0 Å². The molecular formula is C14H9Cl2FN2. The summed E-state index contributed by atoms with van der Waals surface area (Å²) in [6.07, 6.45) is 0. The normalized spacial score (nSPS) is 11.7. The van der Waals surface area contributed by atoms with Crippen LogP contribution in [0.2, 0.25) is 10.0 Å². The van der Waals surface area contributed by atoms with Crippen molar-refractivity contribution in [3.63, 3.8) is 0 Å². The summed E-state index contributed by atoms with van der Waals surface area (Å²) in [5, 5.41) is 13.0. The summed E-state index contributed by atoms with van der Waals surface area (Å²) in [6.45, 7) is 0. The van der Waals surface area contributed by atoms with Crippen molar-refractivity contribution in [1.29, 1.82) is 5.26 Å². The molecule has 0 spiro atoms. The van der Waals surface area contributed by atoms with Crippen molar-refractivity contribution in [2.75, 3.05) is 5.32 Å². The number of nitrogens with zero attached hydrogens (tertiary/aromatic N) is 1. The Balaban J connectivity index is 2.31. The van der Waals surface area contributed by atoms with E-state index < -0.39 is 6.04 Å². The van der Waals surface area contributed by atoms with Crippen LogP contribution in [0.4, 0.5) is 10.1 Å². The Morgan fingerprint density at radius 1 is 1.05 bits per heavy atom. The molecule has 0 saturated heterocycles. The first-order valence-electron chi connectivity index (χ1n) is 5.47. The molecule has 2 rings (SSSR count). The van der Waals surface area contributed by atoms with Crippen LogP contribution < -0.4 is 5.32 Å². The number of halogens is 3. The number of nitriles is 1. The zero-order valence-electron chi connectivity index (χ0n) is 9.70. The van der Waals surface area contributed by atoms with Crippen LogP contribution in [0.3, 0.4) is 0 Å². The maximum Gasteiger partial charge on any atom is 0.143 e. The predicted molar refractivity (Wildman–Crippen MR) is 74.8 cm³/mol. The maximum absolute atomic E-state index is 12.8. The quantitative estimate of drug-likeness (QED) is 0.882. The first kappa shape index (κ1) is 13.7. The minimum atomic E-state index is -0.702. The predicted octanol–water partition coefficient (Wildman–Crippen LogP) is 4.81. The third kappa shape index (κ3) is 3.17. The number of hydrogen-bond donors (Lipinski definition) is 1. The molecule has 0 aliphatic carbocycles. The van der Waals surface area contributed by atoms with Gasteiger partial charge in [-0.05, 0) is 36.4 Å². The topological polar surface area (TPSA) is 35.8 Å². The summed E-state index contributed by atoms with van der Waals surface area (Å²) in [5.41, 5.74) is 1.13. The highest BCUT2D eigenvalue weighted by Crippen LogP contribution is 2.32. The molecule has 0 aromatic heterocycles. The Morgan fingerprint density at radius 3 is 2.16 bits per heavy atom. The molecule has 1 atom stereocenters. The van der Waals surface area contributed by atoms with Crippen LogP contribution in [0.15, 0.2) is 42.5 Å². The van der Waals surface area contributed by atoms with Gasteiger partial charge in [0.1, 0.15) is 11.9 Å². The maximum atomic E-state index is 12.8. The molecule has 96 valence electrons. The fourth-order valence-electron chi connectivity index (χ4n) is 1.67. The minimum absolute atomic E-state index is 0.338. The van der Waals surface area contributed by atoms with E-state index in [9.17, 15) is 9.65 Å². The second kappa shape index (κ2) is 5.92. The van der Waals surface area contributed by atoms with Gasteiger partial charge in [0.05, 0.1) is 6.07 Å². The van der Waals surface area contributed by atoms with E-state index in [4.69, 9.17) is 23.2 Å². The zero-order valence-corrected chi connectivity index (χ0v) is 11.2. The van der Waals surface area contributed by atoms with E-state index in [2.05, 4.69) is 11.4 Å². The molecule has 2 nitrogen and oxygen atoms in total. The van der Waals surface area contributed by atoms with Crippen LogP contribution in [0.1, 0.15) is 11.6 Å². The standard InChI is InChI=1S/C14H9Cl2FN2/c15-11-2-1-3-12(16)14(11)13(8-18)19-10-6-4-9(17)5-7-10/h1-7,13,19H. The fourth-order valence-corrected chi connectivity index (χ4v) is 2.28. The van der Waals surface area contributed by atoms with E-state index in [-0.39, 0.29) is 5.82 Å². The van der Waals surface area contributed by atoms with Crippen LogP contribution in [-0.4, -0.2) is 0 Å². The fraction of sp³-hybridized carbons (Fsp3) is 0.0714. The third-order valence-electron chi connectivity index (χ3n) is 2.57. The molecule has 0 saturated carbocycles. The second-order valence-corrected chi connectivity index (χ2v) is 4.66. The third-order valence-corrected chi connectivity index (χ3v) is 3.23. The van der Waals surface area contributed by atoms with Crippen LogP contribution in [-0.2, 0) is 0 Å².